The average molecular weight is 366 g/mol. The third kappa shape index (κ3) is 5.25. The Balaban J connectivity index is 2.15. The van der Waals surface area contributed by atoms with Gasteiger partial charge in [-0.3, -0.25) is 9.59 Å². The van der Waals surface area contributed by atoms with Crippen molar-refractivity contribution in [2.45, 2.75) is 19.3 Å². The van der Waals surface area contributed by atoms with Gasteiger partial charge in [-0.2, -0.15) is 0 Å². The number of carbonyl (C=O) groups excluding carboxylic acids is 1. The molecular weight excluding hydrogens is 349 g/mol. The molecule has 0 spiro atoms. The Hall–Kier alpha value is -2.04. The summed E-state index contributed by atoms with van der Waals surface area (Å²) in [5.74, 6) is -1.15. The minimum Gasteiger partial charge on any atom is -0.481 e. The molecule has 2 rings (SSSR count). The van der Waals surface area contributed by atoms with Crippen LogP contribution in [0.5, 0.6) is 0 Å². The van der Waals surface area contributed by atoms with Crippen molar-refractivity contribution in [1.82, 2.24) is 0 Å². The number of carboxylic acids is 1. The number of rotatable bonds is 7. The standard InChI is InChI=1S/C18H17Cl2NO3/c19-14-7-8-16(15(20)12-14)21(11-10-18(23)24)17(22)9-6-13-4-2-1-3-5-13/h1-5,7-8,12H,6,9-11H2,(H,23,24). The van der Waals surface area contributed by atoms with E-state index in [-0.39, 0.29) is 25.3 Å². The first-order valence-electron chi connectivity index (χ1n) is 7.48. The Kier molecular flexibility index (Phi) is 6.64. The Morgan fingerprint density at radius 3 is 2.33 bits per heavy atom. The lowest BCUT2D eigenvalue weighted by Gasteiger charge is -2.23. The van der Waals surface area contributed by atoms with Gasteiger partial charge in [0.05, 0.1) is 17.1 Å². The monoisotopic (exact) mass is 365 g/mol. The second-order valence-corrected chi connectivity index (χ2v) is 6.11. The first-order valence-corrected chi connectivity index (χ1v) is 8.24. The summed E-state index contributed by atoms with van der Waals surface area (Å²) >= 11 is 12.1. The van der Waals surface area contributed by atoms with Crippen molar-refractivity contribution in [2.75, 3.05) is 11.4 Å². The van der Waals surface area contributed by atoms with Crippen LogP contribution in [0.25, 0.3) is 0 Å². The van der Waals surface area contributed by atoms with Crippen LogP contribution in [-0.2, 0) is 16.0 Å². The minimum absolute atomic E-state index is 0.0598. The molecule has 0 aliphatic rings. The third-order valence-electron chi connectivity index (χ3n) is 3.52. The van der Waals surface area contributed by atoms with Gasteiger partial charge in [-0.25, -0.2) is 0 Å². The van der Waals surface area contributed by atoms with Crippen molar-refractivity contribution in [3.63, 3.8) is 0 Å². The van der Waals surface area contributed by atoms with Gasteiger partial charge in [-0.15, -0.1) is 0 Å². The fourth-order valence-electron chi connectivity index (χ4n) is 2.32. The molecule has 0 heterocycles. The molecule has 126 valence electrons. The van der Waals surface area contributed by atoms with E-state index in [9.17, 15) is 9.59 Å². The minimum atomic E-state index is -0.971. The zero-order valence-corrected chi connectivity index (χ0v) is 14.4. The Bertz CT molecular complexity index is 719. The molecular formula is C18H17Cl2NO3. The summed E-state index contributed by atoms with van der Waals surface area (Å²) < 4.78 is 0. The van der Waals surface area contributed by atoms with E-state index in [0.717, 1.165) is 5.56 Å². The Labute approximate surface area is 150 Å². The molecule has 2 aromatic rings. The van der Waals surface area contributed by atoms with Gasteiger partial charge in [0.2, 0.25) is 5.91 Å². The summed E-state index contributed by atoms with van der Waals surface area (Å²) in [5.41, 5.74) is 1.52. The van der Waals surface area contributed by atoms with Gasteiger partial charge in [-0.1, -0.05) is 53.5 Å². The van der Waals surface area contributed by atoms with E-state index in [2.05, 4.69) is 0 Å². The molecule has 0 aliphatic carbocycles. The van der Waals surface area contributed by atoms with E-state index in [4.69, 9.17) is 28.3 Å². The van der Waals surface area contributed by atoms with Crippen LogP contribution in [0.2, 0.25) is 10.0 Å². The summed E-state index contributed by atoms with van der Waals surface area (Å²) in [5, 5.41) is 9.70. The number of hydrogen-bond donors (Lipinski definition) is 1. The van der Waals surface area contributed by atoms with Gasteiger partial charge in [0, 0.05) is 18.0 Å². The number of benzene rings is 2. The number of anilines is 1. The number of amides is 1. The maximum atomic E-state index is 12.6. The number of carboxylic acid groups (broad SMARTS) is 1. The second kappa shape index (κ2) is 8.71. The zero-order valence-electron chi connectivity index (χ0n) is 12.9. The lowest BCUT2D eigenvalue weighted by atomic mass is 10.1. The maximum absolute atomic E-state index is 12.6. The van der Waals surface area contributed by atoms with Crippen LogP contribution in [0.4, 0.5) is 5.69 Å². The predicted octanol–water partition coefficient (Wildman–Crippen LogP) is 4.43. The largest absolute Gasteiger partial charge is 0.481 e. The SMILES string of the molecule is O=C(O)CCN(C(=O)CCc1ccccc1)c1ccc(Cl)cc1Cl. The van der Waals surface area contributed by atoms with Crippen molar-refractivity contribution in [3.05, 3.63) is 64.1 Å². The number of nitrogens with zero attached hydrogens (tertiary/aromatic N) is 1. The van der Waals surface area contributed by atoms with Crippen LogP contribution in [0.15, 0.2) is 48.5 Å². The van der Waals surface area contributed by atoms with Gasteiger partial charge in [0.1, 0.15) is 0 Å². The van der Waals surface area contributed by atoms with Crippen LogP contribution >= 0.6 is 23.2 Å². The van der Waals surface area contributed by atoms with Gasteiger partial charge in [0.25, 0.3) is 0 Å². The molecule has 0 saturated carbocycles. The normalized spacial score (nSPS) is 10.4. The first kappa shape index (κ1) is 18.3. The number of hydrogen-bond acceptors (Lipinski definition) is 2. The summed E-state index contributed by atoms with van der Waals surface area (Å²) in [6.07, 6.45) is 0.688. The topological polar surface area (TPSA) is 57.6 Å². The van der Waals surface area contributed by atoms with Gasteiger partial charge in [0.15, 0.2) is 0 Å². The highest BCUT2D eigenvalue weighted by Gasteiger charge is 2.19. The zero-order chi connectivity index (χ0) is 17.5. The summed E-state index contributed by atoms with van der Waals surface area (Å²) in [6.45, 7) is 0.0598. The molecule has 1 N–H and O–H groups in total. The van der Waals surface area contributed by atoms with Crippen molar-refractivity contribution in [1.29, 1.82) is 0 Å². The van der Waals surface area contributed by atoms with Gasteiger partial charge >= 0.3 is 5.97 Å². The summed E-state index contributed by atoms with van der Waals surface area (Å²) in [4.78, 5) is 24.9. The van der Waals surface area contributed by atoms with Gasteiger partial charge in [-0.05, 0) is 30.2 Å². The Morgan fingerprint density at radius 2 is 1.71 bits per heavy atom. The fraction of sp³-hybridized carbons (Fsp3) is 0.222. The van der Waals surface area contributed by atoms with E-state index in [0.29, 0.717) is 22.2 Å². The summed E-state index contributed by atoms with van der Waals surface area (Å²) in [6, 6.07) is 14.4. The van der Waals surface area contributed by atoms with E-state index >= 15 is 0 Å². The molecule has 4 nitrogen and oxygen atoms in total. The van der Waals surface area contributed by atoms with Crippen molar-refractivity contribution < 1.29 is 14.7 Å². The van der Waals surface area contributed by atoms with Crippen LogP contribution in [0.3, 0.4) is 0 Å². The van der Waals surface area contributed by atoms with E-state index in [1.54, 1.807) is 12.1 Å². The molecule has 24 heavy (non-hydrogen) atoms. The predicted molar refractivity (Wildman–Crippen MR) is 95.8 cm³/mol. The van der Waals surface area contributed by atoms with Crippen molar-refractivity contribution in [3.8, 4) is 0 Å². The van der Waals surface area contributed by atoms with E-state index in [1.165, 1.54) is 11.0 Å². The molecule has 1 amide bonds. The van der Waals surface area contributed by atoms with Gasteiger partial charge < -0.3 is 10.0 Å². The molecule has 0 unspecified atom stereocenters. The third-order valence-corrected chi connectivity index (χ3v) is 4.06. The van der Waals surface area contributed by atoms with Crippen molar-refractivity contribution >= 4 is 40.8 Å². The molecule has 0 bridgehead atoms. The molecule has 0 saturated heterocycles. The molecule has 0 radical (unpaired) electrons. The lowest BCUT2D eigenvalue weighted by molar-refractivity contribution is -0.136. The molecule has 6 heteroatoms. The van der Waals surface area contributed by atoms with Crippen LogP contribution in [0.1, 0.15) is 18.4 Å². The van der Waals surface area contributed by atoms with Crippen molar-refractivity contribution in [2.24, 2.45) is 0 Å². The number of aryl methyl sites for hydroxylation is 1. The van der Waals surface area contributed by atoms with Crippen LogP contribution in [0, 0.1) is 0 Å². The highest BCUT2D eigenvalue weighted by molar-refractivity contribution is 6.36. The van der Waals surface area contributed by atoms with Crippen LogP contribution < -0.4 is 4.90 Å². The molecule has 0 fully saturated rings. The molecule has 0 aromatic heterocycles. The smallest absolute Gasteiger partial charge is 0.305 e. The molecule has 0 aliphatic heterocycles. The fourth-order valence-corrected chi connectivity index (χ4v) is 2.83. The lowest BCUT2D eigenvalue weighted by Crippen LogP contribution is -2.33. The van der Waals surface area contributed by atoms with E-state index < -0.39 is 5.97 Å². The number of halogens is 2. The quantitative estimate of drug-likeness (QED) is 0.789. The maximum Gasteiger partial charge on any atom is 0.305 e. The Morgan fingerprint density at radius 1 is 1.00 bits per heavy atom. The average Bonchev–Trinajstić information content (AvgIpc) is 2.55. The highest BCUT2D eigenvalue weighted by atomic mass is 35.5. The molecule has 2 aromatic carbocycles. The van der Waals surface area contributed by atoms with Crippen LogP contribution in [-0.4, -0.2) is 23.5 Å². The molecule has 0 atom stereocenters. The first-order chi connectivity index (χ1) is 11.5. The highest BCUT2D eigenvalue weighted by Crippen LogP contribution is 2.29. The summed E-state index contributed by atoms with van der Waals surface area (Å²) in [7, 11) is 0. The van der Waals surface area contributed by atoms with E-state index in [1.807, 2.05) is 30.3 Å². The number of aliphatic carboxylic acids is 1. The number of carbonyl (C=O) groups is 2. The second-order valence-electron chi connectivity index (χ2n) is 5.27.